The van der Waals surface area contributed by atoms with Gasteiger partial charge < -0.3 is 5.32 Å². The van der Waals surface area contributed by atoms with E-state index in [1.807, 2.05) is 7.05 Å². The normalized spacial score (nSPS) is 19.3. The first-order chi connectivity index (χ1) is 9.36. The molecule has 0 aliphatic carbocycles. The molecule has 0 spiro atoms. The molecule has 2 aromatic rings. The van der Waals surface area contributed by atoms with Crippen molar-refractivity contribution in [3.63, 3.8) is 0 Å². The molecule has 100 valence electrons. The Balaban J connectivity index is 1.81. The van der Waals surface area contributed by atoms with Crippen LogP contribution in [-0.2, 0) is 19.5 Å². The van der Waals surface area contributed by atoms with Crippen LogP contribution in [0.3, 0.4) is 0 Å². The van der Waals surface area contributed by atoms with Crippen molar-refractivity contribution in [3.8, 4) is 0 Å². The van der Waals surface area contributed by atoms with Gasteiger partial charge in [0, 0.05) is 25.7 Å². The molecular weight excluding hydrogens is 252 g/mol. The van der Waals surface area contributed by atoms with Crippen molar-refractivity contribution >= 4 is 11.3 Å². The molecule has 1 aliphatic heterocycles. The number of nitrogens with zero attached hydrogens (tertiary/aromatic N) is 1. The summed E-state index contributed by atoms with van der Waals surface area (Å²) in [5.41, 5.74) is 4.44. The number of hydrogen-bond acceptors (Lipinski definition) is 3. The average Bonchev–Trinajstić information content (AvgIpc) is 2.93. The van der Waals surface area contributed by atoms with Gasteiger partial charge in [-0.05, 0) is 47.0 Å². The quantitative estimate of drug-likeness (QED) is 0.920. The summed E-state index contributed by atoms with van der Waals surface area (Å²) in [5, 5.41) is 7.77. The van der Waals surface area contributed by atoms with Gasteiger partial charge in [-0.15, -0.1) is 0 Å². The fourth-order valence-electron chi connectivity index (χ4n) is 2.88. The molecule has 2 heterocycles. The maximum atomic E-state index is 3.34. The molecule has 1 atom stereocenters. The van der Waals surface area contributed by atoms with Gasteiger partial charge in [-0.3, -0.25) is 4.90 Å². The molecular formula is C16H20N2S. The third-order valence-electron chi connectivity index (χ3n) is 3.87. The van der Waals surface area contributed by atoms with Gasteiger partial charge in [-0.2, -0.15) is 11.3 Å². The fraction of sp³-hybridized carbons (Fsp3) is 0.375. The zero-order chi connectivity index (χ0) is 13.1. The molecule has 0 fully saturated rings. The highest BCUT2D eigenvalue weighted by molar-refractivity contribution is 7.07. The van der Waals surface area contributed by atoms with Crippen molar-refractivity contribution in [2.45, 2.75) is 25.6 Å². The Morgan fingerprint density at radius 3 is 2.84 bits per heavy atom. The maximum absolute atomic E-state index is 3.34. The van der Waals surface area contributed by atoms with Crippen LogP contribution < -0.4 is 5.32 Å². The molecule has 1 aromatic heterocycles. The minimum absolute atomic E-state index is 0.597. The molecule has 0 saturated carbocycles. The van der Waals surface area contributed by atoms with Crippen LogP contribution in [0.4, 0.5) is 0 Å². The Morgan fingerprint density at radius 1 is 1.26 bits per heavy atom. The minimum atomic E-state index is 0.597. The standard InChI is InChI=1S/C16H20N2S/c1-17-9-16-8-14-4-2-3-5-15(14)11-18(16)10-13-6-7-19-12-13/h2-7,12,16-17H,8-11H2,1H3. The maximum Gasteiger partial charge on any atom is 0.0268 e. The highest BCUT2D eigenvalue weighted by Crippen LogP contribution is 2.25. The van der Waals surface area contributed by atoms with Crippen molar-refractivity contribution in [1.29, 1.82) is 0 Å². The molecule has 19 heavy (non-hydrogen) atoms. The number of likely N-dealkylation sites (N-methyl/N-ethyl adjacent to an activating group) is 1. The molecule has 0 saturated heterocycles. The van der Waals surface area contributed by atoms with E-state index in [4.69, 9.17) is 0 Å². The average molecular weight is 272 g/mol. The second-order valence-electron chi connectivity index (χ2n) is 5.22. The van der Waals surface area contributed by atoms with Crippen LogP contribution >= 0.6 is 11.3 Å². The van der Waals surface area contributed by atoms with Gasteiger partial charge in [0.1, 0.15) is 0 Å². The molecule has 0 amide bonds. The Morgan fingerprint density at radius 2 is 2.11 bits per heavy atom. The first-order valence-electron chi connectivity index (χ1n) is 6.83. The largest absolute Gasteiger partial charge is 0.318 e. The number of hydrogen-bond donors (Lipinski definition) is 1. The van der Waals surface area contributed by atoms with Gasteiger partial charge in [-0.1, -0.05) is 24.3 Å². The predicted octanol–water partition coefficient (Wildman–Crippen LogP) is 2.89. The van der Waals surface area contributed by atoms with Gasteiger partial charge in [0.2, 0.25) is 0 Å². The zero-order valence-corrected chi connectivity index (χ0v) is 12.1. The molecule has 3 heteroatoms. The molecule has 3 rings (SSSR count). The van der Waals surface area contributed by atoms with E-state index in [9.17, 15) is 0 Å². The summed E-state index contributed by atoms with van der Waals surface area (Å²) in [6, 6.07) is 11.7. The van der Waals surface area contributed by atoms with Crippen LogP contribution in [0.2, 0.25) is 0 Å². The molecule has 0 bridgehead atoms. The van der Waals surface area contributed by atoms with E-state index in [0.29, 0.717) is 6.04 Å². The molecule has 2 nitrogen and oxygen atoms in total. The minimum Gasteiger partial charge on any atom is -0.318 e. The second-order valence-corrected chi connectivity index (χ2v) is 6.00. The third kappa shape index (κ3) is 2.89. The lowest BCUT2D eigenvalue weighted by Gasteiger charge is -2.36. The monoisotopic (exact) mass is 272 g/mol. The van der Waals surface area contributed by atoms with Crippen molar-refractivity contribution in [2.24, 2.45) is 0 Å². The van der Waals surface area contributed by atoms with Gasteiger partial charge in [0.25, 0.3) is 0 Å². The van der Waals surface area contributed by atoms with E-state index in [1.54, 1.807) is 11.3 Å². The highest BCUT2D eigenvalue weighted by atomic mass is 32.1. The number of fused-ring (bicyclic) bond motifs is 1. The number of nitrogens with one attached hydrogen (secondary N) is 1. The van der Waals surface area contributed by atoms with Gasteiger partial charge in [-0.25, -0.2) is 0 Å². The Labute approximate surface area is 119 Å². The van der Waals surface area contributed by atoms with Gasteiger partial charge >= 0.3 is 0 Å². The van der Waals surface area contributed by atoms with E-state index in [-0.39, 0.29) is 0 Å². The van der Waals surface area contributed by atoms with Crippen molar-refractivity contribution < 1.29 is 0 Å². The van der Waals surface area contributed by atoms with E-state index in [1.165, 1.54) is 16.7 Å². The zero-order valence-electron chi connectivity index (χ0n) is 11.3. The summed E-state index contributed by atoms with van der Waals surface area (Å²) < 4.78 is 0. The molecule has 1 N–H and O–H groups in total. The van der Waals surface area contributed by atoms with Crippen molar-refractivity contribution in [1.82, 2.24) is 10.2 Å². The Bertz CT molecular complexity index is 521. The van der Waals surface area contributed by atoms with E-state index in [2.05, 4.69) is 51.3 Å². The summed E-state index contributed by atoms with van der Waals surface area (Å²) in [7, 11) is 2.04. The van der Waals surface area contributed by atoms with Crippen LogP contribution in [-0.4, -0.2) is 24.5 Å². The summed E-state index contributed by atoms with van der Waals surface area (Å²) in [6.45, 7) is 3.18. The van der Waals surface area contributed by atoms with Gasteiger partial charge in [0.05, 0.1) is 0 Å². The van der Waals surface area contributed by atoms with E-state index in [0.717, 1.165) is 26.1 Å². The topological polar surface area (TPSA) is 15.3 Å². The van der Waals surface area contributed by atoms with Crippen LogP contribution in [0.5, 0.6) is 0 Å². The van der Waals surface area contributed by atoms with Crippen molar-refractivity contribution in [2.75, 3.05) is 13.6 Å². The number of thiophene rings is 1. The molecule has 1 aromatic carbocycles. The Kier molecular flexibility index (Phi) is 3.97. The number of rotatable bonds is 4. The summed E-state index contributed by atoms with van der Waals surface area (Å²) in [6.07, 6.45) is 1.15. The predicted molar refractivity (Wildman–Crippen MR) is 81.4 cm³/mol. The lowest BCUT2D eigenvalue weighted by atomic mass is 9.93. The lowest BCUT2D eigenvalue weighted by Crippen LogP contribution is -2.45. The molecule has 1 aliphatic rings. The van der Waals surface area contributed by atoms with E-state index < -0.39 is 0 Å². The van der Waals surface area contributed by atoms with Crippen LogP contribution in [0.15, 0.2) is 41.1 Å². The highest BCUT2D eigenvalue weighted by Gasteiger charge is 2.25. The molecule has 1 unspecified atom stereocenters. The first-order valence-corrected chi connectivity index (χ1v) is 7.77. The van der Waals surface area contributed by atoms with Crippen molar-refractivity contribution in [3.05, 3.63) is 57.8 Å². The lowest BCUT2D eigenvalue weighted by molar-refractivity contribution is 0.161. The summed E-state index contributed by atoms with van der Waals surface area (Å²) in [4.78, 5) is 2.60. The third-order valence-corrected chi connectivity index (χ3v) is 4.60. The smallest absolute Gasteiger partial charge is 0.0268 e. The molecule has 0 radical (unpaired) electrons. The second kappa shape index (κ2) is 5.87. The van der Waals surface area contributed by atoms with Crippen LogP contribution in [0, 0.1) is 0 Å². The van der Waals surface area contributed by atoms with Gasteiger partial charge in [0.15, 0.2) is 0 Å². The summed E-state index contributed by atoms with van der Waals surface area (Å²) in [5.74, 6) is 0. The van der Waals surface area contributed by atoms with Crippen LogP contribution in [0.1, 0.15) is 16.7 Å². The fourth-order valence-corrected chi connectivity index (χ4v) is 3.54. The van der Waals surface area contributed by atoms with Crippen LogP contribution in [0.25, 0.3) is 0 Å². The number of benzene rings is 1. The van der Waals surface area contributed by atoms with E-state index >= 15 is 0 Å². The SMILES string of the molecule is CNCC1Cc2ccccc2CN1Cc1ccsc1. The summed E-state index contributed by atoms with van der Waals surface area (Å²) >= 11 is 1.79. The Hall–Kier alpha value is -1.16. The first kappa shape index (κ1) is 12.9.